The highest BCUT2D eigenvalue weighted by Gasteiger charge is 2.26. The molecule has 1 fully saturated rings. The minimum absolute atomic E-state index is 0.0446. The second-order valence-corrected chi connectivity index (χ2v) is 7.99. The van der Waals surface area contributed by atoms with E-state index >= 15 is 0 Å². The molecule has 1 aliphatic rings. The number of nitrogens with one attached hydrogen (secondary N) is 1. The Bertz CT molecular complexity index is 575. The second-order valence-electron chi connectivity index (χ2n) is 5.45. The van der Waals surface area contributed by atoms with Gasteiger partial charge in [0.05, 0.1) is 4.90 Å². The Hall–Kier alpha value is -0.590. The molecule has 6 heteroatoms. The van der Waals surface area contributed by atoms with Crippen LogP contribution in [0, 0.1) is 5.92 Å². The molecule has 0 aliphatic heterocycles. The Morgan fingerprint density at radius 2 is 2.15 bits per heavy atom. The fourth-order valence-corrected chi connectivity index (χ4v) is 5.17. The average molecular weight is 361 g/mol. The number of hydrogen-bond acceptors (Lipinski definition) is 3. The van der Waals surface area contributed by atoms with E-state index in [1.165, 1.54) is 6.42 Å². The van der Waals surface area contributed by atoms with Crippen molar-refractivity contribution in [2.45, 2.75) is 50.0 Å². The first kappa shape index (κ1) is 15.8. The first-order chi connectivity index (χ1) is 9.42. The first-order valence-electron chi connectivity index (χ1n) is 6.99. The van der Waals surface area contributed by atoms with Crippen LogP contribution in [-0.4, -0.2) is 14.5 Å². The Labute approximate surface area is 129 Å². The third-order valence-corrected chi connectivity index (χ3v) is 6.42. The van der Waals surface area contributed by atoms with Crippen LogP contribution in [0.1, 0.15) is 39.0 Å². The van der Waals surface area contributed by atoms with Crippen LogP contribution in [0.15, 0.2) is 27.6 Å². The van der Waals surface area contributed by atoms with Gasteiger partial charge >= 0.3 is 0 Å². The molecular weight excluding hydrogens is 340 g/mol. The molecule has 4 nitrogen and oxygen atoms in total. The Kier molecular flexibility index (Phi) is 5.09. The Morgan fingerprint density at radius 3 is 2.80 bits per heavy atom. The summed E-state index contributed by atoms with van der Waals surface area (Å²) >= 11 is 3.27. The zero-order valence-corrected chi connectivity index (χ0v) is 14.0. The number of sulfonamides is 1. The van der Waals surface area contributed by atoms with Crippen molar-refractivity contribution in [3.05, 3.63) is 22.7 Å². The fourth-order valence-electron chi connectivity index (χ4n) is 2.79. The van der Waals surface area contributed by atoms with Crippen LogP contribution in [0.5, 0.6) is 0 Å². The maximum Gasteiger partial charge on any atom is 0.241 e. The largest absolute Gasteiger partial charge is 0.399 e. The molecule has 0 saturated heterocycles. The molecule has 20 heavy (non-hydrogen) atoms. The number of nitrogens with two attached hydrogens (primary N) is 1. The van der Waals surface area contributed by atoms with Crippen LogP contribution >= 0.6 is 15.9 Å². The lowest BCUT2D eigenvalue weighted by Gasteiger charge is -2.29. The number of anilines is 1. The standard InChI is InChI=1S/C14H21BrN2O2S/c1-2-10-4-3-5-12(8-10)17-20(18,19)14-7-6-11(16)9-13(14)15/h6-7,9-10,12,17H,2-5,8,16H2,1H3. The summed E-state index contributed by atoms with van der Waals surface area (Å²) in [5.41, 5.74) is 6.19. The van der Waals surface area contributed by atoms with E-state index in [4.69, 9.17) is 5.73 Å². The van der Waals surface area contributed by atoms with Crippen molar-refractivity contribution in [1.29, 1.82) is 0 Å². The maximum absolute atomic E-state index is 12.4. The summed E-state index contributed by atoms with van der Waals surface area (Å²) in [6.07, 6.45) is 5.27. The molecule has 0 radical (unpaired) electrons. The minimum atomic E-state index is -3.49. The average Bonchev–Trinajstić information content (AvgIpc) is 2.37. The normalized spacial score (nSPS) is 23.7. The van der Waals surface area contributed by atoms with Crippen molar-refractivity contribution >= 4 is 31.6 Å². The van der Waals surface area contributed by atoms with E-state index in [1.807, 2.05) is 0 Å². The Morgan fingerprint density at radius 1 is 1.40 bits per heavy atom. The van der Waals surface area contributed by atoms with Gasteiger partial charge in [0.15, 0.2) is 0 Å². The number of benzene rings is 1. The van der Waals surface area contributed by atoms with Gasteiger partial charge in [-0.2, -0.15) is 0 Å². The number of hydrogen-bond donors (Lipinski definition) is 2. The molecule has 2 unspecified atom stereocenters. The molecule has 0 aromatic heterocycles. The summed E-state index contributed by atoms with van der Waals surface area (Å²) in [7, 11) is -3.49. The van der Waals surface area contributed by atoms with Gasteiger partial charge in [0, 0.05) is 16.2 Å². The molecule has 1 aromatic carbocycles. The smallest absolute Gasteiger partial charge is 0.241 e. The van der Waals surface area contributed by atoms with Crippen molar-refractivity contribution in [1.82, 2.24) is 4.72 Å². The van der Waals surface area contributed by atoms with Gasteiger partial charge in [-0.3, -0.25) is 0 Å². The fraction of sp³-hybridized carbons (Fsp3) is 0.571. The third kappa shape index (κ3) is 3.74. The SMILES string of the molecule is CCC1CCCC(NS(=O)(=O)c2ccc(N)cc2Br)C1. The van der Waals surface area contributed by atoms with Crippen LogP contribution in [-0.2, 0) is 10.0 Å². The lowest BCUT2D eigenvalue weighted by Crippen LogP contribution is -2.38. The van der Waals surface area contributed by atoms with E-state index in [-0.39, 0.29) is 10.9 Å². The van der Waals surface area contributed by atoms with Gasteiger partial charge in [-0.15, -0.1) is 0 Å². The highest BCUT2D eigenvalue weighted by atomic mass is 79.9. The molecule has 2 atom stereocenters. The van der Waals surface area contributed by atoms with Crippen LogP contribution in [0.2, 0.25) is 0 Å². The molecule has 0 heterocycles. The summed E-state index contributed by atoms with van der Waals surface area (Å²) in [4.78, 5) is 0.255. The van der Waals surface area contributed by atoms with Crippen molar-refractivity contribution in [2.24, 2.45) is 5.92 Å². The lowest BCUT2D eigenvalue weighted by atomic mass is 9.85. The van der Waals surface area contributed by atoms with E-state index < -0.39 is 10.0 Å². The highest BCUT2D eigenvalue weighted by Crippen LogP contribution is 2.29. The number of rotatable bonds is 4. The van der Waals surface area contributed by atoms with E-state index in [2.05, 4.69) is 27.6 Å². The third-order valence-electron chi connectivity index (χ3n) is 3.93. The van der Waals surface area contributed by atoms with E-state index in [9.17, 15) is 8.42 Å². The zero-order chi connectivity index (χ0) is 14.8. The molecular formula is C14H21BrN2O2S. The zero-order valence-electron chi connectivity index (χ0n) is 11.6. The maximum atomic E-state index is 12.4. The van der Waals surface area contributed by atoms with Gasteiger partial charge < -0.3 is 5.73 Å². The van der Waals surface area contributed by atoms with Crippen LogP contribution in [0.25, 0.3) is 0 Å². The van der Waals surface area contributed by atoms with Crippen LogP contribution < -0.4 is 10.5 Å². The van der Waals surface area contributed by atoms with Crippen molar-refractivity contribution in [2.75, 3.05) is 5.73 Å². The molecule has 3 N–H and O–H groups in total. The van der Waals surface area contributed by atoms with Gasteiger partial charge in [-0.1, -0.05) is 26.2 Å². The van der Waals surface area contributed by atoms with Crippen molar-refractivity contribution in [3.8, 4) is 0 Å². The molecule has 112 valence electrons. The molecule has 1 aliphatic carbocycles. The molecule has 1 saturated carbocycles. The molecule has 0 bridgehead atoms. The summed E-state index contributed by atoms with van der Waals surface area (Å²) in [5, 5.41) is 0. The number of nitrogen functional groups attached to an aromatic ring is 1. The van der Waals surface area contributed by atoms with E-state index in [0.29, 0.717) is 16.1 Å². The lowest BCUT2D eigenvalue weighted by molar-refractivity contribution is 0.301. The Balaban J connectivity index is 2.14. The summed E-state index contributed by atoms with van der Waals surface area (Å²) in [6.45, 7) is 2.16. The quantitative estimate of drug-likeness (QED) is 0.809. The highest BCUT2D eigenvalue weighted by molar-refractivity contribution is 9.10. The van der Waals surface area contributed by atoms with Crippen molar-refractivity contribution < 1.29 is 8.42 Å². The predicted molar refractivity (Wildman–Crippen MR) is 84.9 cm³/mol. The van der Waals surface area contributed by atoms with Gasteiger partial charge in [-0.25, -0.2) is 13.1 Å². The molecule has 2 rings (SSSR count). The van der Waals surface area contributed by atoms with Gasteiger partial charge in [0.1, 0.15) is 0 Å². The van der Waals surface area contributed by atoms with Crippen molar-refractivity contribution in [3.63, 3.8) is 0 Å². The second kappa shape index (κ2) is 6.45. The molecule has 0 amide bonds. The molecule has 0 spiro atoms. The molecule has 1 aromatic rings. The van der Waals surface area contributed by atoms with Crippen LogP contribution in [0.3, 0.4) is 0 Å². The van der Waals surface area contributed by atoms with Gasteiger partial charge in [0.2, 0.25) is 10.0 Å². The summed E-state index contributed by atoms with van der Waals surface area (Å²) in [6, 6.07) is 4.81. The summed E-state index contributed by atoms with van der Waals surface area (Å²) < 4.78 is 28.2. The summed E-state index contributed by atoms with van der Waals surface area (Å²) in [5.74, 6) is 0.631. The van der Waals surface area contributed by atoms with E-state index in [0.717, 1.165) is 25.7 Å². The first-order valence-corrected chi connectivity index (χ1v) is 9.27. The number of halogens is 1. The van der Waals surface area contributed by atoms with Crippen LogP contribution in [0.4, 0.5) is 5.69 Å². The van der Waals surface area contributed by atoms with Gasteiger partial charge in [-0.05, 0) is 52.9 Å². The predicted octanol–water partition coefficient (Wildman–Crippen LogP) is 3.28. The minimum Gasteiger partial charge on any atom is -0.399 e. The van der Waals surface area contributed by atoms with E-state index in [1.54, 1.807) is 18.2 Å². The van der Waals surface area contributed by atoms with Gasteiger partial charge in [0.25, 0.3) is 0 Å². The topological polar surface area (TPSA) is 72.2 Å². The monoisotopic (exact) mass is 360 g/mol.